The fraction of sp³-hybridized carbons (Fsp3) is 0.250. The fourth-order valence-electron chi connectivity index (χ4n) is 2.81. The summed E-state index contributed by atoms with van der Waals surface area (Å²) >= 11 is 0. The van der Waals surface area contributed by atoms with Gasteiger partial charge in [-0.15, -0.1) is 0 Å². The molecule has 2 aromatic carbocycles. The molecule has 0 aliphatic carbocycles. The number of hydrogen-bond donors (Lipinski definition) is 2. The Morgan fingerprint density at radius 3 is 2.50 bits per heavy atom. The van der Waals surface area contributed by atoms with Gasteiger partial charge in [-0.1, -0.05) is 56.3 Å². The maximum Gasteiger partial charge on any atom is 0.319 e. The summed E-state index contributed by atoms with van der Waals surface area (Å²) in [5.74, 6) is 0.896. The molecule has 6 heteroatoms. The number of carbonyl (C=O) groups excluding carboxylic acids is 1. The molecule has 26 heavy (non-hydrogen) atoms. The first-order valence-corrected chi connectivity index (χ1v) is 8.61. The van der Waals surface area contributed by atoms with Gasteiger partial charge in [-0.05, 0) is 23.6 Å². The summed E-state index contributed by atoms with van der Waals surface area (Å²) in [6.45, 7) is 4.18. The van der Waals surface area contributed by atoms with E-state index >= 15 is 0 Å². The number of amides is 2. The van der Waals surface area contributed by atoms with E-state index < -0.39 is 0 Å². The molecule has 6 nitrogen and oxygen atoms in total. The second kappa shape index (κ2) is 7.82. The van der Waals surface area contributed by atoms with Gasteiger partial charge in [0, 0.05) is 18.3 Å². The van der Waals surface area contributed by atoms with Crippen LogP contribution in [0.5, 0.6) is 0 Å². The van der Waals surface area contributed by atoms with Crippen molar-refractivity contribution in [2.75, 3.05) is 5.32 Å². The van der Waals surface area contributed by atoms with Crippen molar-refractivity contribution >= 4 is 11.7 Å². The van der Waals surface area contributed by atoms with Crippen LogP contribution in [0, 0.1) is 5.92 Å². The minimum absolute atomic E-state index is 0.0585. The molecule has 0 saturated heterocycles. The van der Waals surface area contributed by atoms with Crippen LogP contribution in [0.2, 0.25) is 0 Å². The number of anilines is 1. The van der Waals surface area contributed by atoms with Gasteiger partial charge in [0.2, 0.25) is 0 Å². The van der Waals surface area contributed by atoms with Gasteiger partial charge in [0.1, 0.15) is 6.33 Å². The van der Waals surface area contributed by atoms with E-state index in [4.69, 9.17) is 0 Å². The van der Waals surface area contributed by atoms with E-state index in [-0.39, 0.29) is 18.0 Å². The average Bonchev–Trinajstić information content (AvgIpc) is 3.07. The van der Waals surface area contributed by atoms with Crippen molar-refractivity contribution < 1.29 is 4.79 Å². The lowest BCUT2D eigenvalue weighted by Gasteiger charge is -2.23. The molecular weight excluding hydrogens is 326 g/mol. The quantitative estimate of drug-likeness (QED) is 0.731. The Balaban J connectivity index is 1.71. The van der Waals surface area contributed by atoms with Gasteiger partial charge in [-0.3, -0.25) is 4.68 Å². The molecule has 2 amide bonds. The largest absolute Gasteiger partial charge is 0.331 e. The van der Waals surface area contributed by atoms with E-state index in [9.17, 15) is 4.79 Å². The molecule has 134 valence electrons. The van der Waals surface area contributed by atoms with Crippen molar-refractivity contribution in [2.45, 2.75) is 19.9 Å². The number of rotatable bonds is 5. The first kappa shape index (κ1) is 17.7. The summed E-state index contributed by atoms with van der Waals surface area (Å²) in [7, 11) is 1.82. The highest BCUT2D eigenvalue weighted by molar-refractivity contribution is 5.90. The van der Waals surface area contributed by atoms with Gasteiger partial charge in [-0.2, -0.15) is 5.10 Å². The molecule has 0 saturated carbocycles. The van der Waals surface area contributed by atoms with Crippen molar-refractivity contribution in [3.8, 4) is 11.4 Å². The molecule has 3 rings (SSSR count). The molecule has 0 spiro atoms. The highest BCUT2D eigenvalue weighted by Crippen LogP contribution is 2.22. The number of hydrogen-bond acceptors (Lipinski definition) is 3. The molecule has 0 unspecified atom stereocenters. The molecule has 0 aliphatic rings. The molecule has 0 fully saturated rings. The van der Waals surface area contributed by atoms with Crippen LogP contribution in [0.4, 0.5) is 10.5 Å². The SMILES string of the molecule is CC(C)[C@H](NC(=O)Nc1cccc(-c2ncn(C)n2)c1)c1ccccc1. The number of nitrogens with one attached hydrogen (secondary N) is 2. The van der Waals surface area contributed by atoms with E-state index in [1.807, 2.05) is 61.6 Å². The number of urea groups is 1. The van der Waals surface area contributed by atoms with E-state index in [1.165, 1.54) is 0 Å². The van der Waals surface area contributed by atoms with Gasteiger partial charge in [0.05, 0.1) is 6.04 Å². The smallest absolute Gasteiger partial charge is 0.319 e. The molecule has 2 N–H and O–H groups in total. The summed E-state index contributed by atoms with van der Waals surface area (Å²) in [6, 6.07) is 17.2. The van der Waals surface area contributed by atoms with Crippen LogP contribution in [0.15, 0.2) is 60.9 Å². The fourth-order valence-corrected chi connectivity index (χ4v) is 2.81. The Kier molecular flexibility index (Phi) is 5.31. The van der Waals surface area contributed by atoms with Gasteiger partial charge in [-0.25, -0.2) is 9.78 Å². The average molecular weight is 349 g/mol. The number of aromatic nitrogens is 3. The Morgan fingerprint density at radius 2 is 1.85 bits per heavy atom. The van der Waals surface area contributed by atoms with Gasteiger partial charge >= 0.3 is 6.03 Å². The zero-order valence-electron chi connectivity index (χ0n) is 15.2. The molecule has 3 aromatic rings. The van der Waals surface area contributed by atoms with E-state index in [0.29, 0.717) is 11.5 Å². The standard InChI is InChI=1S/C20H23N5O/c1-14(2)18(15-8-5-4-6-9-15)23-20(26)22-17-11-7-10-16(12-17)19-21-13-25(3)24-19/h4-14,18H,1-3H3,(H2,22,23,26)/t18-/m0/s1. The van der Waals surface area contributed by atoms with Crippen LogP contribution in [0.1, 0.15) is 25.5 Å². The van der Waals surface area contributed by atoms with Crippen LogP contribution >= 0.6 is 0 Å². The van der Waals surface area contributed by atoms with Crippen LogP contribution in [0.25, 0.3) is 11.4 Å². The summed E-state index contributed by atoms with van der Waals surface area (Å²) in [5.41, 5.74) is 2.64. The van der Waals surface area contributed by atoms with Gasteiger partial charge in [0.15, 0.2) is 5.82 Å². The summed E-state index contributed by atoms with van der Waals surface area (Å²) < 4.78 is 1.65. The zero-order valence-corrected chi connectivity index (χ0v) is 15.2. The molecule has 1 heterocycles. The predicted molar refractivity (Wildman–Crippen MR) is 103 cm³/mol. The normalized spacial score (nSPS) is 12.0. The minimum Gasteiger partial charge on any atom is -0.331 e. The first-order valence-electron chi connectivity index (χ1n) is 8.61. The second-order valence-corrected chi connectivity index (χ2v) is 6.55. The lowest BCUT2D eigenvalue weighted by atomic mass is 9.96. The van der Waals surface area contributed by atoms with Crippen LogP contribution in [0.3, 0.4) is 0 Å². The number of aryl methyl sites for hydroxylation is 1. The van der Waals surface area contributed by atoms with Gasteiger partial charge in [0.25, 0.3) is 0 Å². The lowest BCUT2D eigenvalue weighted by molar-refractivity contribution is 0.244. The van der Waals surface area contributed by atoms with E-state index in [0.717, 1.165) is 11.1 Å². The highest BCUT2D eigenvalue weighted by atomic mass is 16.2. The Bertz CT molecular complexity index is 873. The number of nitrogens with zero attached hydrogens (tertiary/aromatic N) is 3. The molecule has 0 radical (unpaired) electrons. The number of benzene rings is 2. The van der Waals surface area contributed by atoms with Crippen molar-refractivity contribution in [3.63, 3.8) is 0 Å². The molecule has 1 aromatic heterocycles. The molecule has 0 bridgehead atoms. The van der Waals surface area contributed by atoms with Crippen LogP contribution < -0.4 is 10.6 Å². The maximum absolute atomic E-state index is 12.5. The topological polar surface area (TPSA) is 71.8 Å². The first-order chi connectivity index (χ1) is 12.5. The van der Waals surface area contributed by atoms with E-state index in [1.54, 1.807) is 11.0 Å². The predicted octanol–water partition coefficient (Wildman–Crippen LogP) is 4.00. The Labute approximate surface area is 153 Å². The third-order valence-corrected chi connectivity index (χ3v) is 4.09. The van der Waals surface area contributed by atoms with Crippen LogP contribution in [-0.2, 0) is 7.05 Å². The summed E-state index contributed by atoms with van der Waals surface area (Å²) in [4.78, 5) is 16.7. The van der Waals surface area contributed by atoms with Gasteiger partial charge < -0.3 is 10.6 Å². The van der Waals surface area contributed by atoms with Crippen molar-refractivity contribution in [3.05, 3.63) is 66.5 Å². The van der Waals surface area contributed by atoms with Crippen LogP contribution in [-0.4, -0.2) is 20.8 Å². The minimum atomic E-state index is -0.237. The second-order valence-electron chi connectivity index (χ2n) is 6.55. The van der Waals surface area contributed by atoms with Crippen molar-refractivity contribution in [2.24, 2.45) is 13.0 Å². The molecule has 1 atom stereocenters. The Hall–Kier alpha value is -3.15. The summed E-state index contributed by atoms with van der Waals surface area (Å²) in [5, 5.41) is 10.3. The maximum atomic E-state index is 12.5. The third-order valence-electron chi connectivity index (χ3n) is 4.09. The highest BCUT2D eigenvalue weighted by Gasteiger charge is 2.18. The monoisotopic (exact) mass is 349 g/mol. The van der Waals surface area contributed by atoms with Crippen molar-refractivity contribution in [1.82, 2.24) is 20.1 Å². The molecule has 0 aliphatic heterocycles. The summed E-state index contributed by atoms with van der Waals surface area (Å²) in [6.07, 6.45) is 1.65. The van der Waals surface area contributed by atoms with Crippen molar-refractivity contribution in [1.29, 1.82) is 0 Å². The number of carbonyl (C=O) groups is 1. The Morgan fingerprint density at radius 1 is 1.08 bits per heavy atom. The third kappa shape index (κ3) is 4.27. The lowest BCUT2D eigenvalue weighted by Crippen LogP contribution is -2.35. The zero-order chi connectivity index (χ0) is 18.5. The molecular formula is C20H23N5O. The van der Waals surface area contributed by atoms with E-state index in [2.05, 4.69) is 34.6 Å².